The molecule has 0 aliphatic carbocycles. The predicted molar refractivity (Wildman–Crippen MR) is 51.2 cm³/mol. The summed E-state index contributed by atoms with van der Waals surface area (Å²) in [5, 5.41) is 3.39. The Morgan fingerprint density at radius 2 is 2.42 bits per heavy atom. The fraction of sp³-hybridized carbons (Fsp3) is 0.750. The van der Waals surface area contributed by atoms with Gasteiger partial charge in [-0.2, -0.15) is 8.75 Å². The van der Waals surface area contributed by atoms with Gasteiger partial charge in [-0.3, -0.25) is 0 Å². The van der Waals surface area contributed by atoms with Crippen LogP contribution >= 0.6 is 11.7 Å². The van der Waals surface area contributed by atoms with E-state index in [-0.39, 0.29) is 0 Å². The highest BCUT2D eigenvalue weighted by Crippen LogP contribution is 2.15. The van der Waals surface area contributed by atoms with Crippen LogP contribution in [0.2, 0.25) is 0 Å². The van der Waals surface area contributed by atoms with Crippen molar-refractivity contribution >= 4 is 11.7 Å². The minimum Gasteiger partial charge on any atom is -0.309 e. The molecule has 12 heavy (non-hydrogen) atoms. The van der Waals surface area contributed by atoms with Gasteiger partial charge in [0, 0.05) is 0 Å². The quantitative estimate of drug-likeness (QED) is 0.762. The molecule has 1 aromatic heterocycles. The van der Waals surface area contributed by atoms with Crippen molar-refractivity contribution in [1.29, 1.82) is 0 Å². The topological polar surface area (TPSA) is 37.8 Å². The molecule has 0 spiro atoms. The molecule has 0 saturated heterocycles. The third-order valence-corrected chi connectivity index (χ3v) is 2.26. The van der Waals surface area contributed by atoms with Crippen molar-refractivity contribution < 1.29 is 0 Å². The summed E-state index contributed by atoms with van der Waals surface area (Å²) in [5.74, 6) is 0. The van der Waals surface area contributed by atoms with Crippen molar-refractivity contribution in [3.05, 3.63) is 11.9 Å². The number of aromatic nitrogens is 2. The molecule has 68 valence electrons. The van der Waals surface area contributed by atoms with E-state index in [0.29, 0.717) is 6.04 Å². The van der Waals surface area contributed by atoms with Crippen LogP contribution in [-0.2, 0) is 0 Å². The largest absolute Gasteiger partial charge is 0.309 e. The number of nitrogens with zero attached hydrogens (tertiary/aromatic N) is 2. The second-order valence-corrected chi connectivity index (χ2v) is 3.29. The minimum atomic E-state index is 0.402. The summed E-state index contributed by atoms with van der Waals surface area (Å²) in [5.41, 5.74) is 1.09. The van der Waals surface area contributed by atoms with Gasteiger partial charge >= 0.3 is 0 Å². The molecule has 1 heterocycles. The van der Waals surface area contributed by atoms with Gasteiger partial charge in [0.2, 0.25) is 0 Å². The average Bonchev–Trinajstić information content (AvgIpc) is 2.56. The molecule has 0 aliphatic heterocycles. The van der Waals surface area contributed by atoms with E-state index < -0.39 is 0 Å². The van der Waals surface area contributed by atoms with Gasteiger partial charge in [-0.15, -0.1) is 0 Å². The summed E-state index contributed by atoms with van der Waals surface area (Å²) in [4.78, 5) is 0. The first-order valence-corrected chi connectivity index (χ1v) is 5.12. The number of rotatable bonds is 5. The smallest absolute Gasteiger partial charge is 0.0912 e. The van der Waals surface area contributed by atoms with Gasteiger partial charge in [0.25, 0.3) is 0 Å². The zero-order valence-corrected chi connectivity index (χ0v) is 8.40. The molecule has 0 radical (unpaired) electrons. The van der Waals surface area contributed by atoms with Crippen molar-refractivity contribution in [3.63, 3.8) is 0 Å². The standard InChI is InChI=1S/C8H15N3S/c1-3-5-7(9-4-2)8-6-10-12-11-8/h6-7,9H,3-5H2,1-2H3. The lowest BCUT2D eigenvalue weighted by Gasteiger charge is -2.13. The third kappa shape index (κ3) is 2.53. The maximum Gasteiger partial charge on any atom is 0.0912 e. The molecule has 1 aromatic rings. The van der Waals surface area contributed by atoms with Crippen molar-refractivity contribution in [2.24, 2.45) is 0 Å². The van der Waals surface area contributed by atoms with Crippen LogP contribution in [0.5, 0.6) is 0 Å². The van der Waals surface area contributed by atoms with E-state index in [1.807, 2.05) is 6.20 Å². The van der Waals surface area contributed by atoms with Crippen LogP contribution in [0, 0.1) is 0 Å². The molecule has 1 N–H and O–H groups in total. The molecule has 1 rings (SSSR count). The molecule has 0 aliphatic rings. The van der Waals surface area contributed by atoms with Gasteiger partial charge in [0.05, 0.1) is 29.7 Å². The number of nitrogens with one attached hydrogen (secondary N) is 1. The monoisotopic (exact) mass is 185 g/mol. The summed E-state index contributed by atoms with van der Waals surface area (Å²) >= 11 is 1.28. The van der Waals surface area contributed by atoms with E-state index in [4.69, 9.17) is 0 Å². The van der Waals surface area contributed by atoms with Gasteiger partial charge in [0.1, 0.15) is 0 Å². The van der Waals surface area contributed by atoms with Crippen LogP contribution in [0.25, 0.3) is 0 Å². The first kappa shape index (κ1) is 9.61. The van der Waals surface area contributed by atoms with E-state index in [0.717, 1.165) is 18.7 Å². The van der Waals surface area contributed by atoms with Crippen LogP contribution in [-0.4, -0.2) is 15.3 Å². The molecule has 3 nitrogen and oxygen atoms in total. The molecular formula is C8H15N3S. The third-order valence-electron chi connectivity index (χ3n) is 1.76. The maximum atomic E-state index is 4.22. The minimum absolute atomic E-state index is 0.402. The summed E-state index contributed by atoms with van der Waals surface area (Å²) in [6.45, 7) is 5.29. The van der Waals surface area contributed by atoms with E-state index in [9.17, 15) is 0 Å². The first-order chi connectivity index (χ1) is 5.88. The molecule has 0 saturated carbocycles. The van der Waals surface area contributed by atoms with Crippen molar-refractivity contribution in [1.82, 2.24) is 14.1 Å². The predicted octanol–water partition coefficient (Wildman–Crippen LogP) is 1.99. The Morgan fingerprint density at radius 3 is 2.92 bits per heavy atom. The average molecular weight is 185 g/mol. The fourth-order valence-corrected chi connectivity index (χ4v) is 1.69. The SMILES string of the molecule is CCCC(NCC)c1cnsn1. The Balaban J connectivity index is 2.53. The fourth-order valence-electron chi connectivity index (χ4n) is 1.22. The van der Waals surface area contributed by atoms with Gasteiger partial charge in [-0.05, 0) is 13.0 Å². The van der Waals surface area contributed by atoms with Crippen LogP contribution in [0.1, 0.15) is 38.4 Å². The summed E-state index contributed by atoms with van der Waals surface area (Å²) < 4.78 is 8.22. The summed E-state index contributed by atoms with van der Waals surface area (Å²) in [7, 11) is 0. The van der Waals surface area contributed by atoms with Crippen molar-refractivity contribution in [2.45, 2.75) is 32.7 Å². The highest BCUT2D eigenvalue weighted by molar-refractivity contribution is 6.99. The van der Waals surface area contributed by atoms with Crippen LogP contribution in [0.15, 0.2) is 6.20 Å². The Hall–Kier alpha value is -0.480. The van der Waals surface area contributed by atoms with Crippen LogP contribution in [0.3, 0.4) is 0 Å². The number of hydrogen-bond donors (Lipinski definition) is 1. The molecule has 1 atom stereocenters. The lowest BCUT2D eigenvalue weighted by atomic mass is 10.1. The van der Waals surface area contributed by atoms with Crippen molar-refractivity contribution in [2.75, 3.05) is 6.54 Å². The molecule has 0 aromatic carbocycles. The van der Waals surface area contributed by atoms with E-state index in [1.165, 1.54) is 18.1 Å². The van der Waals surface area contributed by atoms with Crippen LogP contribution in [0.4, 0.5) is 0 Å². The molecule has 0 bridgehead atoms. The Bertz CT molecular complexity index is 192. The first-order valence-electron chi connectivity index (χ1n) is 4.39. The summed E-state index contributed by atoms with van der Waals surface area (Å²) in [6.07, 6.45) is 4.17. The van der Waals surface area contributed by atoms with E-state index >= 15 is 0 Å². The molecule has 4 heteroatoms. The van der Waals surface area contributed by atoms with E-state index in [1.54, 1.807) is 0 Å². The Labute approximate surface area is 77.5 Å². The number of hydrogen-bond acceptors (Lipinski definition) is 4. The van der Waals surface area contributed by atoms with Gasteiger partial charge in [-0.25, -0.2) is 0 Å². The normalized spacial score (nSPS) is 13.2. The molecular weight excluding hydrogens is 170 g/mol. The van der Waals surface area contributed by atoms with Gasteiger partial charge < -0.3 is 5.32 Å². The van der Waals surface area contributed by atoms with E-state index in [2.05, 4.69) is 27.9 Å². The Morgan fingerprint density at radius 1 is 1.58 bits per heavy atom. The van der Waals surface area contributed by atoms with Crippen molar-refractivity contribution in [3.8, 4) is 0 Å². The zero-order chi connectivity index (χ0) is 8.81. The molecule has 0 fully saturated rings. The molecule has 0 amide bonds. The zero-order valence-electron chi connectivity index (χ0n) is 7.58. The Kier molecular flexibility index (Phi) is 4.18. The second-order valence-electron chi connectivity index (χ2n) is 2.73. The van der Waals surface area contributed by atoms with Gasteiger partial charge in [0.15, 0.2) is 0 Å². The molecule has 1 unspecified atom stereocenters. The highest BCUT2D eigenvalue weighted by Gasteiger charge is 2.10. The second kappa shape index (κ2) is 5.22. The van der Waals surface area contributed by atoms with Crippen LogP contribution < -0.4 is 5.32 Å². The summed E-state index contributed by atoms with van der Waals surface area (Å²) in [6, 6.07) is 0.402. The lowest BCUT2D eigenvalue weighted by Crippen LogP contribution is -2.20. The maximum absolute atomic E-state index is 4.22. The highest BCUT2D eigenvalue weighted by atomic mass is 32.1. The lowest BCUT2D eigenvalue weighted by molar-refractivity contribution is 0.501. The van der Waals surface area contributed by atoms with Gasteiger partial charge in [-0.1, -0.05) is 20.3 Å².